The summed E-state index contributed by atoms with van der Waals surface area (Å²) in [7, 11) is -0.639. The van der Waals surface area contributed by atoms with E-state index < -0.39 is 15.8 Å². The van der Waals surface area contributed by atoms with Crippen LogP contribution in [0.5, 0.6) is 0 Å². The summed E-state index contributed by atoms with van der Waals surface area (Å²) < 4.78 is 36.1. The van der Waals surface area contributed by atoms with Gasteiger partial charge in [0.1, 0.15) is 17.2 Å². The third-order valence-electron chi connectivity index (χ3n) is 9.04. The number of likely N-dealkylation sites (tertiary alicyclic amines) is 2. The second-order valence-corrected chi connectivity index (χ2v) is 16.0. The summed E-state index contributed by atoms with van der Waals surface area (Å²) in [6, 6.07) is 10.2. The topological polar surface area (TPSA) is 109 Å². The molecule has 0 saturated carbocycles. The molecular weight excluding hydrogens is 604 g/mol. The van der Waals surface area contributed by atoms with Gasteiger partial charge in [-0.25, -0.2) is 18.7 Å². The third-order valence-corrected chi connectivity index (χ3v) is 10.8. The van der Waals surface area contributed by atoms with Gasteiger partial charge in [0.05, 0.1) is 13.1 Å². The molecule has 5 rings (SSSR count). The lowest BCUT2D eigenvalue weighted by Gasteiger charge is -2.39. The highest BCUT2D eigenvalue weighted by atomic mass is 32.2. The Labute approximate surface area is 274 Å². The molecule has 0 aliphatic carbocycles. The number of hydrogen-bond acceptors (Lipinski definition) is 8. The first-order chi connectivity index (χ1) is 21.8. The van der Waals surface area contributed by atoms with Gasteiger partial charge in [-0.2, -0.15) is 12.7 Å². The van der Waals surface area contributed by atoms with Gasteiger partial charge in [0, 0.05) is 71.6 Å². The number of imidazole rings is 2. The number of aryl methyl sites for hydroxylation is 1. The molecule has 0 unspecified atom stereocenters. The van der Waals surface area contributed by atoms with E-state index in [9.17, 15) is 13.2 Å². The van der Waals surface area contributed by atoms with Crippen LogP contribution in [-0.2, 0) is 41.1 Å². The molecule has 252 valence electrons. The van der Waals surface area contributed by atoms with Crippen molar-refractivity contribution in [3.63, 3.8) is 0 Å². The second kappa shape index (κ2) is 14.2. The Morgan fingerprint density at radius 2 is 1.57 bits per heavy atom. The van der Waals surface area contributed by atoms with Gasteiger partial charge in [-0.3, -0.25) is 4.90 Å². The summed E-state index contributed by atoms with van der Waals surface area (Å²) >= 11 is 0. The normalized spacial score (nSPS) is 17.4. The van der Waals surface area contributed by atoms with E-state index >= 15 is 0 Å². The van der Waals surface area contributed by atoms with Crippen LogP contribution < -0.4 is 0 Å². The largest absolute Gasteiger partial charge is 0.444 e. The molecule has 3 aromatic rings. The van der Waals surface area contributed by atoms with Crippen molar-refractivity contribution in [1.29, 1.82) is 0 Å². The van der Waals surface area contributed by atoms with Gasteiger partial charge in [-0.05, 0) is 70.5 Å². The Bertz CT molecular complexity index is 1540. The summed E-state index contributed by atoms with van der Waals surface area (Å²) in [5.74, 6) is 1.40. The maximum absolute atomic E-state index is 12.9. The summed E-state index contributed by atoms with van der Waals surface area (Å²) in [5.41, 5.74) is 0.959. The number of rotatable bonds is 12. The van der Waals surface area contributed by atoms with E-state index in [-0.39, 0.29) is 6.09 Å². The van der Waals surface area contributed by atoms with Gasteiger partial charge in [-0.1, -0.05) is 30.3 Å². The van der Waals surface area contributed by atoms with Crippen LogP contribution >= 0.6 is 0 Å². The molecule has 13 heteroatoms. The van der Waals surface area contributed by atoms with E-state index in [2.05, 4.69) is 31.5 Å². The first-order valence-corrected chi connectivity index (χ1v) is 17.7. The smallest absolute Gasteiger partial charge is 0.410 e. The molecule has 46 heavy (non-hydrogen) atoms. The summed E-state index contributed by atoms with van der Waals surface area (Å²) in [6.45, 7) is 12.9. The molecule has 0 atom stereocenters. The van der Waals surface area contributed by atoms with Crippen LogP contribution in [0.15, 0.2) is 55.1 Å². The molecule has 2 saturated heterocycles. The molecule has 0 radical (unpaired) electrons. The number of piperidine rings is 1. The Morgan fingerprint density at radius 3 is 2.26 bits per heavy atom. The average molecular weight is 655 g/mol. The van der Waals surface area contributed by atoms with Crippen molar-refractivity contribution in [2.24, 2.45) is 5.41 Å². The minimum absolute atomic E-state index is 0.195. The molecule has 1 spiro atoms. The standard InChI is InChI=1S/C33H50N8O4S/c1-32(2,3)45-31(42)40-20-13-33(14-21-40)12-19-37(27-33)17-9-18-39-22-15-34-29(39)25-38(24-28-10-7-6-8-11-28)26-30-35-16-23-41(30)46(43,44)36(4)5/h6-8,10-11,15-16,22-23H,9,12-14,17-21,24-27H2,1-5H3. The zero-order valence-corrected chi connectivity index (χ0v) is 28.8. The molecular formula is C33H50N8O4S. The Morgan fingerprint density at radius 1 is 0.913 bits per heavy atom. The monoisotopic (exact) mass is 654 g/mol. The highest BCUT2D eigenvalue weighted by molar-refractivity contribution is 7.87. The third kappa shape index (κ3) is 8.55. The molecule has 4 heterocycles. The van der Waals surface area contributed by atoms with Crippen LogP contribution in [0, 0.1) is 5.41 Å². The number of amides is 1. The first-order valence-electron chi connectivity index (χ1n) is 16.3. The average Bonchev–Trinajstić information content (AvgIpc) is 3.74. The lowest BCUT2D eigenvalue weighted by Crippen LogP contribution is -2.46. The van der Waals surface area contributed by atoms with Crippen molar-refractivity contribution in [1.82, 2.24) is 37.5 Å². The van der Waals surface area contributed by atoms with Gasteiger partial charge in [0.15, 0.2) is 0 Å². The van der Waals surface area contributed by atoms with Crippen LogP contribution in [0.2, 0.25) is 0 Å². The number of nitrogens with zero attached hydrogens (tertiary/aromatic N) is 8. The van der Waals surface area contributed by atoms with Crippen molar-refractivity contribution in [3.8, 4) is 0 Å². The van der Waals surface area contributed by atoms with E-state index in [0.717, 1.165) is 69.9 Å². The Hall–Kier alpha value is -3.26. The molecule has 2 aliphatic heterocycles. The van der Waals surface area contributed by atoms with Gasteiger partial charge in [0.2, 0.25) is 0 Å². The number of aromatic nitrogens is 4. The first kappa shape index (κ1) is 34.1. The van der Waals surface area contributed by atoms with Crippen LogP contribution in [0.1, 0.15) is 63.7 Å². The van der Waals surface area contributed by atoms with Gasteiger partial charge < -0.3 is 19.1 Å². The quantitative estimate of drug-likeness (QED) is 0.288. The van der Waals surface area contributed by atoms with E-state index in [1.54, 1.807) is 0 Å². The Balaban J connectivity index is 1.16. The summed E-state index contributed by atoms with van der Waals surface area (Å²) in [4.78, 5) is 28.3. The number of hydrogen-bond donors (Lipinski definition) is 0. The van der Waals surface area contributed by atoms with Gasteiger partial charge in [0.25, 0.3) is 0 Å². The van der Waals surface area contributed by atoms with E-state index in [4.69, 9.17) is 9.72 Å². The van der Waals surface area contributed by atoms with Crippen molar-refractivity contribution < 1.29 is 17.9 Å². The zero-order valence-electron chi connectivity index (χ0n) is 28.0. The predicted molar refractivity (Wildman–Crippen MR) is 177 cm³/mol. The number of carbonyl (C=O) groups is 1. The number of ether oxygens (including phenoxy) is 1. The predicted octanol–water partition coefficient (Wildman–Crippen LogP) is 4.05. The van der Waals surface area contributed by atoms with Crippen LogP contribution in [0.4, 0.5) is 4.79 Å². The number of carbonyl (C=O) groups excluding carboxylic acids is 1. The van der Waals surface area contributed by atoms with Crippen LogP contribution in [0.3, 0.4) is 0 Å². The van der Waals surface area contributed by atoms with Crippen LogP contribution in [-0.4, -0.2) is 104 Å². The molecule has 0 bridgehead atoms. The molecule has 2 fully saturated rings. The zero-order chi connectivity index (χ0) is 33.0. The van der Waals surface area contributed by atoms with Crippen LogP contribution in [0.25, 0.3) is 0 Å². The van der Waals surface area contributed by atoms with Gasteiger partial charge >= 0.3 is 16.3 Å². The fourth-order valence-corrected chi connectivity index (χ4v) is 7.44. The SMILES string of the molecule is CN(C)S(=O)(=O)n1ccnc1CN(Cc1ccccc1)Cc1nccn1CCCN1CCC2(CCN(C(=O)OC(C)(C)C)CC2)C1. The van der Waals surface area contributed by atoms with Crippen molar-refractivity contribution >= 4 is 16.3 Å². The van der Waals surface area contributed by atoms with E-state index in [0.29, 0.717) is 30.9 Å². The summed E-state index contributed by atoms with van der Waals surface area (Å²) in [6.07, 6.45) is 11.0. The van der Waals surface area contributed by atoms with E-state index in [1.807, 2.05) is 56.3 Å². The molecule has 2 aromatic heterocycles. The molecule has 0 N–H and O–H groups in total. The lowest BCUT2D eigenvalue weighted by molar-refractivity contribution is 0.0109. The van der Waals surface area contributed by atoms with Crippen molar-refractivity contribution in [3.05, 3.63) is 72.3 Å². The van der Waals surface area contributed by atoms with E-state index in [1.165, 1.54) is 41.2 Å². The second-order valence-electron chi connectivity index (χ2n) is 13.9. The van der Waals surface area contributed by atoms with Crippen molar-refractivity contribution in [2.75, 3.05) is 46.8 Å². The lowest BCUT2D eigenvalue weighted by atomic mass is 9.78. The maximum atomic E-state index is 12.9. The molecule has 1 amide bonds. The molecule has 2 aliphatic rings. The minimum Gasteiger partial charge on any atom is -0.444 e. The maximum Gasteiger partial charge on any atom is 0.410 e. The highest BCUT2D eigenvalue weighted by Gasteiger charge is 2.41. The number of benzene rings is 1. The molecule has 12 nitrogen and oxygen atoms in total. The fourth-order valence-electron chi connectivity index (χ4n) is 6.51. The molecule has 1 aromatic carbocycles. The van der Waals surface area contributed by atoms with Gasteiger partial charge in [-0.15, -0.1) is 0 Å². The van der Waals surface area contributed by atoms with Crippen molar-refractivity contribution in [2.45, 2.75) is 78.2 Å². The highest BCUT2D eigenvalue weighted by Crippen LogP contribution is 2.40. The Kier molecular flexibility index (Phi) is 10.6. The minimum atomic E-state index is -3.68. The summed E-state index contributed by atoms with van der Waals surface area (Å²) in [5, 5.41) is 0. The fraction of sp³-hybridized carbons (Fsp3) is 0.606.